The maximum Gasteiger partial charge on any atom is 0.326 e. The standard InChI is InChI=1S/C12H13NO4/c1-5(12(16)17)13-10(14)8-6-2-3-7(4-6)9(8)11(13)15/h2-3,5-9H,4H2,1H3,(H,16,17)/t5-,6-,7+,8+,9-/m0/s1. The Morgan fingerprint density at radius 2 is 1.76 bits per heavy atom. The highest BCUT2D eigenvalue weighted by atomic mass is 16.4. The van der Waals surface area contributed by atoms with Crippen molar-refractivity contribution in [2.75, 3.05) is 0 Å². The molecule has 3 aliphatic rings. The number of carbonyl (C=O) groups excluding carboxylic acids is 2. The van der Waals surface area contributed by atoms with E-state index < -0.39 is 12.0 Å². The summed E-state index contributed by atoms with van der Waals surface area (Å²) in [7, 11) is 0. The Balaban J connectivity index is 1.95. The maximum absolute atomic E-state index is 12.1. The Kier molecular flexibility index (Phi) is 1.97. The Morgan fingerprint density at radius 3 is 2.18 bits per heavy atom. The number of nitrogens with zero attached hydrogens (tertiary/aromatic N) is 1. The predicted octanol–water partition coefficient (Wildman–Crippen LogP) is 0.267. The highest BCUT2D eigenvalue weighted by Crippen LogP contribution is 2.52. The summed E-state index contributed by atoms with van der Waals surface area (Å²) in [5, 5.41) is 8.93. The van der Waals surface area contributed by atoms with Crippen molar-refractivity contribution in [2.24, 2.45) is 23.7 Å². The number of carboxylic acids is 1. The molecule has 0 aromatic rings. The molecule has 2 bridgehead atoms. The van der Waals surface area contributed by atoms with Gasteiger partial charge in [0, 0.05) is 0 Å². The van der Waals surface area contributed by atoms with E-state index in [1.165, 1.54) is 6.92 Å². The van der Waals surface area contributed by atoms with Crippen molar-refractivity contribution in [2.45, 2.75) is 19.4 Å². The zero-order valence-corrected chi connectivity index (χ0v) is 9.37. The second-order valence-corrected chi connectivity index (χ2v) is 5.06. The summed E-state index contributed by atoms with van der Waals surface area (Å²) in [6.07, 6.45) is 4.85. The van der Waals surface area contributed by atoms with Gasteiger partial charge in [-0.1, -0.05) is 12.2 Å². The first-order chi connectivity index (χ1) is 8.02. The minimum atomic E-state index is -1.13. The average molecular weight is 235 g/mol. The third kappa shape index (κ3) is 1.16. The van der Waals surface area contributed by atoms with Gasteiger partial charge >= 0.3 is 5.97 Å². The highest BCUT2D eigenvalue weighted by molar-refractivity contribution is 6.08. The van der Waals surface area contributed by atoms with Crippen LogP contribution < -0.4 is 0 Å². The smallest absolute Gasteiger partial charge is 0.326 e. The number of carboxylic acid groups (broad SMARTS) is 1. The molecule has 90 valence electrons. The fraction of sp³-hybridized carbons (Fsp3) is 0.583. The minimum absolute atomic E-state index is 0.132. The number of hydrogen-bond acceptors (Lipinski definition) is 3. The van der Waals surface area contributed by atoms with Crippen LogP contribution >= 0.6 is 0 Å². The van der Waals surface area contributed by atoms with Crippen LogP contribution in [0, 0.1) is 23.7 Å². The molecule has 0 aromatic heterocycles. The predicted molar refractivity (Wildman–Crippen MR) is 56.7 cm³/mol. The lowest BCUT2D eigenvalue weighted by atomic mass is 9.85. The molecule has 2 fully saturated rings. The average Bonchev–Trinajstić information content (AvgIpc) is 2.92. The molecule has 17 heavy (non-hydrogen) atoms. The van der Waals surface area contributed by atoms with E-state index in [1.54, 1.807) is 0 Å². The molecule has 0 spiro atoms. The number of hydrogen-bond donors (Lipinski definition) is 1. The van der Waals surface area contributed by atoms with E-state index in [2.05, 4.69) is 0 Å². The van der Waals surface area contributed by atoms with Crippen molar-refractivity contribution in [3.63, 3.8) is 0 Å². The van der Waals surface area contributed by atoms with Crippen LogP contribution in [-0.4, -0.2) is 33.8 Å². The first-order valence-corrected chi connectivity index (χ1v) is 5.80. The van der Waals surface area contributed by atoms with Gasteiger partial charge in [-0.3, -0.25) is 14.5 Å². The van der Waals surface area contributed by atoms with Crippen LogP contribution in [0.3, 0.4) is 0 Å². The monoisotopic (exact) mass is 235 g/mol. The van der Waals surface area contributed by atoms with Crippen molar-refractivity contribution in [1.82, 2.24) is 4.90 Å². The second kappa shape index (κ2) is 3.18. The quantitative estimate of drug-likeness (QED) is 0.550. The summed E-state index contributed by atoms with van der Waals surface area (Å²) in [6, 6.07) is -1.06. The van der Waals surface area contributed by atoms with Gasteiger partial charge in [0.2, 0.25) is 11.8 Å². The van der Waals surface area contributed by atoms with Crippen LogP contribution in [0.25, 0.3) is 0 Å². The van der Waals surface area contributed by atoms with E-state index in [0.717, 1.165) is 11.3 Å². The third-order valence-electron chi connectivity index (χ3n) is 4.25. The maximum atomic E-state index is 12.1. The molecule has 5 atom stereocenters. The summed E-state index contributed by atoms with van der Waals surface area (Å²) < 4.78 is 0. The molecule has 0 radical (unpaired) electrons. The number of aliphatic carboxylic acids is 1. The lowest BCUT2D eigenvalue weighted by Crippen LogP contribution is -2.44. The number of rotatable bonds is 2. The summed E-state index contributed by atoms with van der Waals surface area (Å²) in [6.45, 7) is 1.38. The van der Waals surface area contributed by atoms with Crippen molar-refractivity contribution in [1.29, 1.82) is 0 Å². The SMILES string of the molecule is C[C@@H](C(=O)O)N1C(=O)[C@@H]2[C@H](C1=O)[C@H]1C=C[C@@H]2C1. The van der Waals surface area contributed by atoms with Gasteiger partial charge in [0.05, 0.1) is 11.8 Å². The van der Waals surface area contributed by atoms with Crippen LogP contribution in [0.2, 0.25) is 0 Å². The summed E-state index contributed by atoms with van der Waals surface area (Å²) in [5.74, 6) is -2.08. The van der Waals surface area contributed by atoms with Crippen LogP contribution in [0.1, 0.15) is 13.3 Å². The molecule has 1 N–H and O–H groups in total. The molecule has 1 aliphatic heterocycles. The Morgan fingerprint density at radius 1 is 1.29 bits per heavy atom. The van der Waals surface area contributed by atoms with E-state index in [1.807, 2.05) is 12.2 Å². The van der Waals surface area contributed by atoms with Crippen LogP contribution in [0.5, 0.6) is 0 Å². The largest absolute Gasteiger partial charge is 0.480 e. The van der Waals surface area contributed by atoms with Gasteiger partial charge in [-0.2, -0.15) is 0 Å². The Labute approximate surface area is 98.1 Å². The summed E-state index contributed by atoms with van der Waals surface area (Å²) in [4.78, 5) is 36.1. The molecule has 5 nitrogen and oxygen atoms in total. The molecular weight excluding hydrogens is 222 g/mol. The van der Waals surface area contributed by atoms with Gasteiger partial charge in [0.1, 0.15) is 6.04 Å². The van der Waals surface area contributed by atoms with Gasteiger partial charge in [-0.15, -0.1) is 0 Å². The molecule has 1 saturated carbocycles. The first kappa shape index (κ1) is 10.5. The summed E-state index contributed by atoms with van der Waals surface area (Å²) in [5.41, 5.74) is 0. The molecule has 5 heteroatoms. The van der Waals surface area contributed by atoms with Crippen molar-refractivity contribution < 1.29 is 19.5 Å². The van der Waals surface area contributed by atoms with Crippen molar-refractivity contribution in [3.8, 4) is 0 Å². The number of imide groups is 1. The lowest BCUT2D eigenvalue weighted by Gasteiger charge is -2.20. The van der Waals surface area contributed by atoms with E-state index in [0.29, 0.717) is 0 Å². The zero-order chi connectivity index (χ0) is 12.3. The molecule has 0 unspecified atom stereocenters. The van der Waals surface area contributed by atoms with Gasteiger partial charge in [0.15, 0.2) is 0 Å². The molecule has 1 saturated heterocycles. The number of allylic oxidation sites excluding steroid dienone is 2. The zero-order valence-electron chi connectivity index (χ0n) is 9.37. The van der Waals surface area contributed by atoms with Gasteiger partial charge in [-0.05, 0) is 25.2 Å². The van der Waals surface area contributed by atoms with E-state index in [4.69, 9.17) is 5.11 Å². The molecular formula is C12H13NO4. The van der Waals surface area contributed by atoms with Crippen molar-refractivity contribution in [3.05, 3.63) is 12.2 Å². The van der Waals surface area contributed by atoms with E-state index in [-0.39, 0.29) is 35.5 Å². The number of amides is 2. The van der Waals surface area contributed by atoms with Crippen LogP contribution in [-0.2, 0) is 14.4 Å². The van der Waals surface area contributed by atoms with Crippen LogP contribution in [0.4, 0.5) is 0 Å². The highest BCUT2D eigenvalue weighted by Gasteiger charge is 2.60. The molecule has 1 heterocycles. The topological polar surface area (TPSA) is 74.7 Å². The normalized spacial score (nSPS) is 39.9. The molecule has 2 aliphatic carbocycles. The number of likely N-dealkylation sites (tertiary alicyclic amines) is 1. The molecule has 3 rings (SSSR count). The Hall–Kier alpha value is -1.65. The summed E-state index contributed by atoms with van der Waals surface area (Å²) >= 11 is 0. The van der Waals surface area contributed by atoms with Crippen molar-refractivity contribution >= 4 is 17.8 Å². The fourth-order valence-electron chi connectivity index (χ4n) is 3.42. The molecule has 2 amide bonds. The fourth-order valence-corrected chi connectivity index (χ4v) is 3.42. The van der Waals surface area contributed by atoms with E-state index in [9.17, 15) is 14.4 Å². The molecule has 0 aromatic carbocycles. The van der Waals surface area contributed by atoms with Gasteiger partial charge in [0.25, 0.3) is 0 Å². The number of fused-ring (bicyclic) bond motifs is 5. The lowest BCUT2D eigenvalue weighted by molar-refractivity contribution is -0.154. The third-order valence-corrected chi connectivity index (χ3v) is 4.25. The van der Waals surface area contributed by atoms with Gasteiger partial charge in [-0.25, -0.2) is 4.79 Å². The van der Waals surface area contributed by atoms with E-state index >= 15 is 0 Å². The van der Waals surface area contributed by atoms with Gasteiger partial charge < -0.3 is 5.11 Å². The van der Waals surface area contributed by atoms with Crippen LogP contribution in [0.15, 0.2) is 12.2 Å². The first-order valence-electron chi connectivity index (χ1n) is 5.80. The number of carbonyl (C=O) groups is 3. The minimum Gasteiger partial charge on any atom is -0.480 e. The second-order valence-electron chi connectivity index (χ2n) is 5.06. The Bertz CT molecular complexity index is 425.